The van der Waals surface area contributed by atoms with Crippen molar-refractivity contribution in [2.24, 2.45) is 5.16 Å². The average Bonchev–Trinajstić information content (AvgIpc) is 2.28. The Kier molecular flexibility index (Phi) is 5.18. The van der Waals surface area contributed by atoms with Crippen LogP contribution in [-0.2, 0) is 11.3 Å². The third-order valence-electron chi connectivity index (χ3n) is 2.11. The fourth-order valence-corrected chi connectivity index (χ4v) is 1.51. The van der Waals surface area contributed by atoms with E-state index in [4.69, 9.17) is 21.5 Å². The lowest BCUT2D eigenvalue weighted by molar-refractivity contribution is 0.131. The summed E-state index contributed by atoms with van der Waals surface area (Å²) in [4.78, 5) is 11.5. The summed E-state index contributed by atoms with van der Waals surface area (Å²) in [5.41, 5.74) is 0.955. The van der Waals surface area contributed by atoms with Crippen LogP contribution in [0.5, 0.6) is 0 Å². The van der Waals surface area contributed by atoms with Crippen LogP contribution in [0.25, 0.3) is 0 Å². The summed E-state index contributed by atoms with van der Waals surface area (Å²) >= 11 is 5.99. The molecule has 0 spiro atoms. The molecule has 0 aliphatic carbocycles. The molecule has 1 rings (SSSR count). The number of amides is 1. The van der Waals surface area contributed by atoms with Crippen molar-refractivity contribution in [2.45, 2.75) is 32.9 Å². The van der Waals surface area contributed by atoms with E-state index < -0.39 is 6.09 Å². The van der Waals surface area contributed by atoms with Crippen molar-refractivity contribution in [3.63, 3.8) is 0 Å². The molecule has 0 atom stereocenters. The molecule has 104 valence electrons. The van der Waals surface area contributed by atoms with E-state index in [-0.39, 0.29) is 12.1 Å². The predicted octanol–water partition coefficient (Wildman–Crippen LogP) is 3.17. The van der Waals surface area contributed by atoms with Gasteiger partial charge in [0.15, 0.2) is 0 Å². The molecule has 0 saturated heterocycles. The Morgan fingerprint density at radius 2 is 2.21 bits per heavy atom. The fraction of sp³-hybridized carbons (Fsp3) is 0.385. The van der Waals surface area contributed by atoms with Gasteiger partial charge in [-0.15, -0.1) is 0 Å². The second-order valence-electron chi connectivity index (χ2n) is 5.05. The molecule has 0 bridgehead atoms. The molecule has 0 saturated carbocycles. The van der Waals surface area contributed by atoms with Gasteiger partial charge >= 0.3 is 6.09 Å². The molecule has 0 radical (unpaired) electrons. The molecule has 1 aromatic carbocycles. The number of ether oxygens (including phenoxy) is 1. The zero-order chi connectivity index (χ0) is 14.5. The number of hydrogen-bond acceptors (Lipinski definition) is 4. The lowest BCUT2D eigenvalue weighted by atomic mass is 10.1. The van der Waals surface area contributed by atoms with E-state index in [0.717, 1.165) is 0 Å². The number of hydrogen-bond donors (Lipinski definition) is 2. The van der Waals surface area contributed by atoms with Gasteiger partial charge in [-0.2, -0.15) is 0 Å². The Hall–Kier alpha value is -1.75. The summed E-state index contributed by atoms with van der Waals surface area (Å²) in [7, 11) is 0. The zero-order valence-corrected chi connectivity index (χ0v) is 11.9. The Bertz CT molecular complexity index is 481. The Morgan fingerprint density at radius 3 is 2.79 bits per heavy atom. The van der Waals surface area contributed by atoms with Gasteiger partial charge in [0, 0.05) is 16.1 Å². The summed E-state index contributed by atoms with van der Waals surface area (Å²) in [6.07, 6.45) is 0.763. The van der Waals surface area contributed by atoms with Crippen molar-refractivity contribution >= 4 is 23.9 Å². The number of alkyl carbamates (subject to hydrolysis) is 1. The van der Waals surface area contributed by atoms with Crippen molar-refractivity contribution in [2.75, 3.05) is 0 Å². The van der Waals surface area contributed by atoms with Crippen molar-refractivity contribution in [3.05, 3.63) is 34.3 Å². The molecular weight excluding hydrogens is 268 g/mol. The lowest BCUT2D eigenvalue weighted by Crippen LogP contribution is -2.40. The predicted molar refractivity (Wildman–Crippen MR) is 73.9 cm³/mol. The van der Waals surface area contributed by atoms with Crippen molar-refractivity contribution in [1.29, 1.82) is 0 Å². The number of nitrogens with zero attached hydrogens (tertiary/aromatic N) is 1. The highest BCUT2D eigenvalue weighted by atomic mass is 35.5. The van der Waals surface area contributed by atoms with Gasteiger partial charge in [0.1, 0.15) is 6.61 Å². The number of oxime groups is 1. The molecule has 5 nitrogen and oxygen atoms in total. The molecule has 0 aliphatic rings. The lowest BCUT2D eigenvalue weighted by Gasteiger charge is -2.20. The smallest absolute Gasteiger partial charge is 0.407 e. The van der Waals surface area contributed by atoms with Gasteiger partial charge in [0.25, 0.3) is 0 Å². The first kappa shape index (κ1) is 15.3. The van der Waals surface area contributed by atoms with Crippen molar-refractivity contribution in [1.82, 2.24) is 5.32 Å². The summed E-state index contributed by atoms with van der Waals surface area (Å²) in [6, 6.07) is 5.03. The minimum Gasteiger partial charge on any atom is -0.445 e. The van der Waals surface area contributed by atoms with Crippen LogP contribution in [-0.4, -0.2) is 23.1 Å². The van der Waals surface area contributed by atoms with Crippen LogP contribution < -0.4 is 5.32 Å². The van der Waals surface area contributed by atoms with Crippen LogP contribution in [0.2, 0.25) is 5.02 Å². The number of halogens is 1. The summed E-state index contributed by atoms with van der Waals surface area (Å²) in [6.45, 7) is 5.63. The monoisotopic (exact) mass is 284 g/mol. The molecular formula is C13H17ClN2O3. The van der Waals surface area contributed by atoms with Gasteiger partial charge in [0.05, 0.1) is 6.21 Å². The van der Waals surface area contributed by atoms with E-state index in [1.165, 1.54) is 6.21 Å². The molecule has 0 unspecified atom stereocenters. The van der Waals surface area contributed by atoms with Gasteiger partial charge in [-0.3, -0.25) is 0 Å². The number of rotatable bonds is 3. The normalized spacial score (nSPS) is 11.6. The molecule has 0 aromatic heterocycles. The topological polar surface area (TPSA) is 70.9 Å². The highest BCUT2D eigenvalue weighted by Crippen LogP contribution is 2.18. The highest BCUT2D eigenvalue weighted by molar-refractivity contribution is 6.31. The van der Waals surface area contributed by atoms with E-state index in [1.54, 1.807) is 18.2 Å². The maximum Gasteiger partial charge on any atom is 0.407 e. The molecule has 0 aliphatic heterocycles. The SMILES string of the molecule is CC(C)(C)NC(=O)OCc1cc(/C=N/O)ccc1Cl. The zero-order valence-electron chi connectivity index (χ0n) is 11.1. The van der Waals surface area contributed by atoms with E-state index >= 15 is 0 Å². The van der Waals surface area contributed by atoms with Gasteiger partial charge < -0.3 is 15.3 Å². The fourth-order valence-electron chi connectivity index (χ4n) is 1.34. The van der Waals surface area contributed by atoms with Crippen LogP contribution >= 0.6 is 11.6 Å². The van der Waals surface area contributed by atoms with Crippen LogP contribution in [0.1, 0.15) is 31.9 Å². The Labute approximate surface area is 117 Å². The molecule has 0 fully saturated rings. The second-order valence-corrected chi connectivity index (χ2v) is 5.45. The minimum absolute atomic E-state index is 0.0495. The molecule has 0 heterocycles. The third-order valence-corrected chi connectivity index (χ3v) is 2.48. The number of carbonyl (C=O) groups excluding carboxylic acids is 1. The van der Waals surface area contributed by atoms with Gasteiger partial charge in [-0.1, -0.05) is 22.8 Å². The summed E-state index contributed by atoms with van der Waals surface area (Å²) in [5.74, 6) is 0. The molecule has 1 amide bonds. The number of carbonyl (C=O) groups is 1. The van der Waals surface area contributed by atoms with Crippen LogP contribution in [0.3, 0.4) is 0 Å². The Morgan fingerprint density at radius 1 is 1.53 bits per heavy atom. The van der Waals surface area contributed by atoms with E-state index in [0.29, 0.717) is 16.1 Å². The second kappa shape index (κ2) is 6.43. The largest absolute Gasteiger partial charge is 0.445 e. The van der Waals surface area contributed by atoms with Crippen LogP contribution in [0.4, 0.5) is 4.79 Å². The van der Waals surface area contributed by atoms with Crippen molar-refractivity contribution < 1.29 is 14.7 Å². The number of nitrogens with one attached hydrogen (secondary N) is 1. The maximum atomic E-state index is 11.5. The first-order valence-corrected chi connectivity index (χ1v) is 6.10. The maximum absolute atomic E-state index is 11.5. The third kappa shape index (κ3) is 5.61. The van der Waals surface area contributed by atoms with Crippen LogP contribution in [0.15, 0.2) is 23.4 Å². The number of benzene rings is 1. The van der Waals surface area contributed by atoms with E-state index in [2.05, 4.69) is 10.5 Å². The Balaban J connectivity index is 2.67. The van der Waals surface area contributed by atoms with E-state index in [9.17, 15) is 4.79 Å². The standard InChI is InChI=1S/C13H17ClN2O3/c1-13(2,3)16-12(17)19-8-10-6-9(7-15-18)4-5-11(10)14/h4-7,18H,8H2,1-3H3,(H,16,17)/b15-7+. The average molecular weight is 285 g/mol. The summed E-state index contributed by atoms with van der Waals surface area (Å²) in [5, 5.41) is 14.6. The quantitative estimate of drug-likeness (QED) is 0.509. The van der Waals surface area contributed by atoms with Gasteiger partial charge in [-0.05, 0) is 38.5 Å². The molecule has 2 N–H and O–H groups in total. The molecule has 6 heteroatoms. The summed E-state index contributed by atoms with van der Waals surface area (Å²) < 4.78 is 5.08. The van der Waals surface area contributed by atoms with Crippen LogP contribution in [0, 0.1) is 0 Å². The first-order chi connectivity index (χ1) is 8.81. The van der Waals surface area contributed by atoms with Gasteiger partial charge in [-0.25, -0.2) is 4.79 Å². The highest BCUT2D eigenvalue weighted by Gasteiger charge is 2.15. The molecule has 1 aromatic rings. The van der Waals surface area contributed by atoms with Crippen molar-refractivity contribution in [3.8, 4) is 0 Å². The van der Waals surface area contributed by atoms with Gasteiger partial charge in [0.2, 0.25) is 0 Å². The first-order valence-electron chi connectivity index (χ1n) is 5.72. The minimum atomic E-state index is -0.509. The van der Waals surface area contributed by atoms with E-state index in [1.807, 2.05) is 20.8 Å². The molecule has 19 heavy (non-hydrogen) atoms.